The second-order valence-corrected chi connectivity index (χ2v) is 11.3. The molecule has 45 heavy (non-hydrogen) atoms. The SMILES string of the molecule is CCOC(=O)CNC(=O)Nc1cccc([C@@H]2O[C@H](CN(C)[C@H](C)c3ccc4ccccc4c3)C[C@H](c3ccc(CO)cc3)O2)c1. The van der Waals surface area contributed by atoms with Crippen LogP contribution in [-0.2, 0) is 25.6 Å². The first-order chi connectivity index (χ1) is 21.8. The molecule has 0 aromatic heterocycles. The fourth-order valence-electron chi connectivity index (χ4n) is 5.54. The molecule has 9 nitrogen and oxygen atoms in total. The molecular weight excluding hydrogens is 570 g/mol. The number of hydrogen-bond donors (Lipinski definition) is 3. The molecule has 1 aliphatic rings. The maximum atomic E-state index is 12.4. The van der Waals surface area contributed by atoms with Crippen molar-refractivity contribution in [1.82, 2.24) is 10.2 Å². The molecule has 0 aliphatic carbocycles. The van der Waals surface area contributed by atoms with Crippen LogP contribution in [0.1, 0.15) is 61.0 Å². The Labute approximate surface area is 264 Å². The molecule has 5 rings (SSSR count). The average Bonchev–Trinajstić information content (AvgIpc) is 3.07. The number of esters is 1. The molecule has 0 unspecified atom stereocenters. The van der Waals surface area contributed by atoms with E-state index in [1.165, 1.54) is 16.3 Å². The zero-order valence-electron chi connectivity index (χ0n) is 25.9. The van der Waals surface area contributed by atoms with Crippen LogP contribution in [0.2, 0.25) is 0 Å². The van der Waals surface area contributed by atoms with Crippen LogP contribution in [0.25, 0.3) is 10.8 Å². The molecule has 0 spiro atoms. The highest BCUT2D eigenvalue weighted by Crippen LogP contribution is 2.39. The number of aliphatic hydroxyl groups excluding tert-OH is 1. The van der Waals surface area contributed by atoms with E-state index < -0.39 is 18.3 Å². The van der Waals surface area contributed by atoms with E-state index in [2.05, 4.69) is 72.0 Å². The van der Waals surface area contributed by atoms with Gasteiger partial charge in [0.15, 0.2) is 6.29 Å². The number of carbonyl (C=O) groups excluding carboxylic acids is 2. The number of anilines is 1. The lowest BCUT2D eigenvalue weighted by Crippen LogP contribution is -2.38. The van der Waals surface area contributed by atoms with Crippen LogP contribution < -0.4 is 10.6 Å². The third-order valence-corrected chi connectivity index (χ3v) is 8.14. The summed E-state index contributed by atoms with van der Waals surface area (Å²) in [5, 5.41) is 17.2. The van der Waals surface area contributed by atoms with E-state index in [1.807, 2.05) is 42.5 Å². The second kappa shape index (κ2) is 15.1. The number of carbonyl (C=O) groups is 2. The van der Waals surface area contributed by atoms with Gasteiger partial charge in [0.1, 0.15) is 6.54 Å². The van der Waals surface area contributed by atoms with Gasteiger partial charge in [-0.05, 0) is 66.6 Å². The number of nitrogens with zero attached hydrogens (tertiary/aromatic N) is 1. The van der Waals surface area contributed by atoms with E-state index in [9.17, 15) is 14.7 Å². The van der Waals surface area contributed by atoms with Crippen LogP contribution in [-0.4, -0.2) is 54.9 Å². The minimum Gasteiger partial charge on any atom is -0.465 e. The summed E-state index contributed by atoms with van der Waals surface area (Å²) >= 11 is 0. The van der Waals surface area contributed by atoms with Crippen molar-refractivity contribution < 1.29 is 28.9 Å². The number of fused-ring (bicyclic) bond motifs is 1. The van der Waals surface area contributed by atoms with Crippen LogP contribution in [0.3, 0.4) is 0 Å². The molecule has 236 valence electrons. The normalized spacial score (nSPS) is 18.8. The number of ether oxygens (including phenoxy) is 3. The third-order valence-electron chi connectivity index (χ3n) is 8.14. The molecular formula is C36H41N3O6. The monoisotopic (exact) mass is 611 g/mol. The number of aliphatic hydroxyl groups is 1. The van der Waals surface area contributed by atoms with Gasteiger partial charge in [-0.3, -0.25) is 9.69 Å². The summed E-state index contributed by atoms with van der Waals surface area (Å²) in [6.45, 7) is 4.59. The van der Waals surface area contributed by atoms with Gasteiger partial charge in [0.2, 0.25) is 0 Å². The van der Waals surface area contributed by atoms with Gasteiger partial charge in [-0.2, -0.15) is 0 Å². The molecule has 9 heteroatoms. The molecule has 1 heterocycles. The Morgan fingerprint density at radius 2 is 1.73 bits per heavy atom. The Morgan fingerprint density at radius 3 is 2.49 bits per heavy atom. The minimum absolute atomic E-state index is 0.0230. The van der Waals surface area contributed by atoms with Crippen LogP contribution in [0, 0.1) is 0 Å². The summed E-state index contributed by atoms with van der Waals surface area (Å²) in [7, 11) is 2.11. The molecule has 4 atom stereocenters. The van der Waals surface area contributed by atoms with Gasteiger partial charge >= 0.3 is 12.0 Å². The Hall–Kier alpha value is -4.28. The summed E-state index contributed by atoms with van der Waals surface area (Å²) < 4.78 is 17.9. The number of hydrogen-bond acceptors (Lipinski definition) is 7. The first-order valence-electron chi connectivity index (χ1n) is 15.3. The van der Waals surface area contributed by atoms with Gasteiger partial charge in [0.05, 0.1) is 25.4 Å². The summed E-state index contributed by atoms with van der Waals surface area (Å²) in [5.41, 5.74) is 4.36. The molecule has 4 aromatic carbocycles. The Morgan fingerprint density at radius 1 is 0.956 bits per heavy atom. The largest absolute Gasteiger partial charge is 0.465 e. The fraction of sp³-hybridized carbons (Fsp3) is 0.333. The lowest BCUT2D eigenvalue weighted by atomic mass is 9.98. The summed E-state index contributed by atoms with van der Waals surface area (Å²) in [5.74, 6) is -0.505. The van der Waals surface area contributed by atoms with Crippen molar-refractivity contribution in [2.45, 2.75) is 51.4 Å². The lowest BCUT2D eigenvalue weighted by molar-refractivity contribution is -0.253. The van der Waals surface area contributed by atoms with E-state index in [0.29, 0.717) is 18.7 Å². The van der Waals surface area contributed by atoms with E-state index >= 15 is 0 Å². The van der Waals surface area contributed by atoms with Crippen LogP contribution in [0.4, 0.5) is 10.5 Å². The highest BCUT2D eigenvalue weighted by Gasteiger charge is 2.33. The van der Waals surface area contributed by atoms with Gasteiger partial charge in [0.25, 0.3) is 0 Å². The highest BCUT2D eigenvalue weighted by atomic mass is 16.7. The van der Waals surface area contributed by atoms with Crippen molar-refractivity contribution in [2.24, 2.45) is 0 Å². The van der Waals surface area contributed by atoms with E-state index in [-0.39, 0.29) is 38.0 Å². The van der Waals surface area contributed by atoms with Crippen molar-refractivity contribution in [1.29, 1.82) is 0 Å². The average molecular weight is 612 g/mol. The van der Waals surface area contributed by atoms with E-state index in [4.69, 9.17) is 14.2 Å². The van der Waals surface area contributed by atoms with Crippen LogP contribution in [0.15, 0.2) is 91.0 Å². The van der Waals surface area contributed by atoms with Crippen molar-refractivity contribution in [3.8, 4) is 0 Å². The molecule has 4 aromatic rings. The van der Waals surface area contributed by atoms with Crippen LogP contribution >= 0.6 is 0 Å². The molecule has 1 aliphatic heterocycles. The summed E-state index contributed by atoms with van der Waals surface area (Å²) in [4.78, 5) is 26.3. The Kier molecular flexibility index (Phi) is 10.8. The predicted molar refractivity (Wildman–Crippen MR) is 174 cm³/mol. The number of urea groups is 1. The first-order valence-corrected chi connectivity index (χ1v) is 15.3. The van der Waals surface area contributed by atoms with Gasteiger partial charge in [-0.25, -0.2) is 4.79 Å². The molecule has 1 fully saturated rings. The Bertz CT molecular complexity index is 1590. The molecule has 2 amide bonds. The number of benzene rings is 4. The maximum Gasteiger partial charge on any atom is 0.325 e. The zero-order valence-corrected chi connectivity index (χ0v) is 25.9. The van der Waals surface area contributed by atoms with Gasteiger partial charge in [-0.1, -0.05) is 72.8 Å². The van der Waals surface area contributed by atoms with E-state index in [1.54, 1.807) is 13.0 Å². The fourth-order valence-corrected chi connectivity index (χ4v) is 5.54. The van der Waals surface area contributed by atoms with Crippen molar-refractivity contribution >= 4 is 28.5 Å². The standard InChI is InChI=1S/C36H41N3O6/c1-4-43-34(41)21-37-36(42)38-31-11-7-10-30(19-31)35-44-32(20-33(45-35)27-14-12-25(23-40)13-15-27)22-39(3)24(2)28-17-16-26-8-5-6-9-29(26)18-28/h5-19,24,32-33,35,40H,4,20-23H2,1-3H3,(H2,37,38,42)/t24-,32+,33-,35-/m1/s1. The van der Waals surface area contributed by atoms with E-state index in [0.717, 1.165) is 16.7 Å². The topological polar surface area (TPSA) is 109 Å². The number of likely N-dealkylation sites (N-methyl/N-ethyl adjacent to an activating group) is 1. The molecule has 0 saturated carbocycles. The van der Waals surface area contributed by atoms with Gasteiger partial charge < -0.3 is 30.0 Å². The van der Waals surface area contributed by atoms with Gasteiger partial charge in [-0.15, -0.1) is 0 Å². The highest BCUT2D eigenvalue weighted by molar-refractivity contribution is 5.91. The zero-order chi connectivity index (χ0) is 31.8. The number of nitrogens with one attached hydrogen (secondary N) is 2. The summed E-state index contributed by atoms with van der Waals surface area (Å²) in [6, 6.07) is 29.7. The summed E-state index contributed by atoms with van der Waals surface area (Å²) in [6.07, 6.45) is -0.420. The first kappa shape index (κ1) is 32.1. The maximum absolute atomic E-state index is 12.4. The second-order valence-electron chi connectivity index (χ2n) is 11.3. The van der Waals surface area contributed by atoms with Gasteiger partial charge in [0, 0.05) is 30.3 Å². The Balaban J connectivity index is 1.32. The molecule has 3 N–H and O–H groups in total. The molecule has 0 radical (unpaired) electrons. The number of rotatable bonds is 11. The van der Waals surface area contributed by atoms with Crippen LogP contribution in [0.5, 0.6) is 0 Å². The molecule has 0 bridgehead atoms. The number of amides is 2. The quantitative estimate of drug-likeness (QED) is 0.172. The van der Waals surface area contributed by atoms with Crippen molar-refractivity contribution in [3.63, 3.8) is 0 Å². The van der Waals surface area contributed by atoms with Crippen molar-refractivity contribution in [3.05, 3.63) is 113 Å². The predicted octanol–water partition coefficient (Wildman–Crippen LogP) is 6.26. The smallest absolute Gasteiger partial charge is 0.325 e. The third kappa shape index (κ3) is 8.46. The minimum atomic E-state index is -0.681. The lowest BCUT2D eigenvalue weighted by Gasteiger charge is -2.39. The molecule has 1 saturated heterocycles. The van der Waals surface area contributed by atoms with Crippen molar-refractivity contribution in [2.75, 3.05) is 32.1 Å².